The quantitative estimate of drug-likeness (QED) is 0.318. The van der Waals surface area contributed by atoms with Crippen LogP contribution in [0, 0.1) is 11.8 Å². The third-order valence-corrected chi connectivity index (χ3v) is 8.24. The van der Waals surface area contributed by atoms with Crippen LogP contribution in [-0.2, 0) is 9.36 Å². The van der Waals surface area contributed by atoms with Crippen molar-refractivity contribution in [3.63, 3.8) is 0 Å². The molecule has 1 aromatic rings. The SMILES string of the molecule is CCCCCCCCP(=O)(c1ccccc1)C([O-])C(=O)N(CC(C)C)CC(C)C. The lowest BCUT2D eigenvalue weighted by molar-refractivity contribution is -0.377. The summed E-state index contributed by atoms with van der Waals surface area (Å²) in [6, 6.07) is 8.97. The first-order valence-electron chi connectivity index (χ1n) is 11.3. The highest BCUT2D eigenvalue weighted by Crippen LogP contribution is 2.49. The van der Waals surface area contributed by atoms with Gasteiger partial charge in [0.2, 0.25) is 5.91 Å². The van der Waals surface area contributed by atoms with E-state index < -0.39 is 18.9 Å². The van der Waals surface area contributed by atoms with Gasteiger partial charge < -0.3 is 14.6 Å². The van der Waals surface area contributed by atoms with E-state index in [-0.39, 0.29) is 11.8 Å². The molecular formula is C24H41NO3P-. The standard InChI is InChI=1S/C24H41NO3P/c1-6-7-8-9-10-14-17-29(28,22-15-12-11-13-16-22)24(27)23(26)25(18-20(2)3)19-21(4)5/h11-13,15-16,20-21,24H,6-10,14,17-19H2,1-5H3/q-1. The van der Waals surface area contributed by atoms with Crippen molar-refractivity contribution < 1.29 is 14.5 Å². The van der Waals surface area contributed by atoms with Gasteiger partial charge in [0, 0.05) is 30.4 Å². The Morgan fingerprint density at radius 2 is 1.45 bits per heavy atom. The molecule has 2 unspecified atom stereocenters. The molecule has 0 N–H and O–H groups in total. The summed E-state index contributed by atoms with van der Waals surface area (Å²) in [7, 11) is -3.36. The van der Waals surface area contributed by atoms with Crippen molar-refractivity contribution in [2.24, 2.45) is 11.8 Å². The number of hydrogen-bond donors (Lipinski definition) is 0. The van der Waals surface area contributed by atoms with E-state index in [0.717, 1.165) is 19.3 Å². The Bertz CT molecular complexity index is 620. The molecule has 0 aliphatic rings. The lowest BCUT2D eigenvalue weighted by atomic mass is 10.1. The predicted octanol–water partition coefficient (Wildman–Crippen LogP) is 4.86. The zero-order valence-electron chi connectivity index (χ0n) is 19.1. The second-order valence-corrected chi connectivity index (χ2v) is 12.0. The topological polar surface area (TPSA) is 60.4 Å². The van der Waals surface area contributed by atoms with Gasteiger partial charge in [-0.05, 0) is 18.3 Å². The molecule has 1 rings (SSSR count). The van der Waals surface area contributed by atoms with Crippen molar-refractivity contribution in [3.05, 3.63) is 30.3 Å². The number of unbranched alkanes of at least 4 members (excludes halogenated alkanes) is 5. The predicted molar refractivity (Wildman–Crippen MR) is 122 cm³/mol. The molecule has 1 aromatic carbocycles. The van der Waals surface area contributed by atoms with E-state index in [2.05, 4.69) is 6.92 Å². The van der Waals surface area contributed by atoms with Crippen LogP contribution in [0.1, 0.15) is 73.1 Å². The second-order valence-electron chi connectivity index (χ2n) is 9.01. The van der Waals surface area contributed by atoms with Crippen molar-refractivity contribution >= 4 is 18.4 Å². The zero-order valence-corrected chi connectivity index (χ0v) is 20.0. The first-order chi connectivity index (χ1) is 13.7. The Morgan fingerprint density at radius 3 is 1.97 bits per heavy atom. The molecule has 0 heterocycles. The summed E-state index contributed by atoms with van der Waals surface area (Å²) in [5.41, 5.74) is 0. The first-order valence-corrected chi connectivity index (χ1v) is 13.3. The minimum Gasteiger partial charge on any atom is -0.839 e. The number of nitrogens with zero attached hydrogens (tertiary/aromatic N) is 1. The van der Waals surface area contributed by atoms with E-state index in [1.807, 2.05) is 33.8 Å². The van der Waals surface area contributed by atoms with Gasteiger partial charge in [-0.25, -0.2) is 0 Å². The smallest absolute Gasteiger partial charge is 0.216 e. The van der Waals surface area contributed by atoms with Crippen molar-refractivity contribution in [3.8, 4) is 0 Å². The fourth-order valence-corrected chi connectivity index (χ4v) is 6.31. The maximum atomic E-state index is 14.0. The minimum absolute atomic E-state index is 0.263. The molecule has 0 spiro atoms. The van der Waals surface area contributed by atoms with Crippen LogP contribution in [0.25, 0.3) is 0 Å². The van der Waals surface area contributed by atoms with Crippen molar-refractivity contribution in [2.75, 3.05) is 19.3 Å². The van der Waals surface area contributed by atoms with Gasteiger partial charge in [-0.1, -0.05) is 97.1 Å². The van der Waals surface area contributed by atoms with E-state index in [9.17, 15) is 14.5 Å². The molecule has 29 heavy (non-hydrogen) atoms. The number of benzene rings is 1. The van der Waals surface area contributed by atoms with Crippen LogP contribution < -0.4 is 10.4 Å². The van der Waals surface area contributed by atoms with Crippen LogP contribution in [0.3, 0.4) is 0 Å². The van der Waals surface area contributed by atoms with E-state index in [4.69, 9.17) is 0 Å². The van der Waals surface area contributed by atoms with Crippen molar-refractivity contribution in [2.45, 2.75) is 79.0 Å². The third-order valence-electron chi connectivity index (χ3n) is 5.11. The van der Waals surface area contributed by atoms with E-state index in [1.165, 1.54) is 19.3 Å². The van der Waals surface area contributed by atoms with Crippen LogP contribution in [-0.4, -0.2) is 35.9 Å². The highest BCUT2D eigenvalue weighted by Gasteiger charge is 2.34. The van der Waals surface area contributed by atoms with Crippen LogP contribution in [0.5, 0.6) is 0 Å². The molecule has 4 nitrogen and oxygen atoms in total. The zero-order chi connectivity index (χ0) is 21.9. The van der Waals surface area contributed by atoms with Gasteiger partial charge in [0.15, 0.2) is 0 Å². The van der Waals surface area contributed by atoms with Gasteiger partial charge in [0.25, 0.3) is 0 Å². The molecule has 0 saturated carbocycles. The van der Waals surface area contributed by atoms with Gasteiger partial charge in [0.05, 0.1) is 0 Å². The number of hydrogen-bond acceptors (Lipinski definition) is 3. The van der Waals surface area contributed by atoms with Crippen LogP contribution in [0.4, 0.5) is 0 Å². The molecule has 0 aromatic heterocycles. The third kappa shape index (κ3) is 8.64. The molecule has 0 radical (unpaired) electrons. The summed E-state index contributed by atoms with van der Waals surface area (Å²) in [4.78, 5) is 14.8. The van der Waals surface area contributed by atoms with E-state index in [0.29, 0.717) is 24.6 Å². The van der Waals surface area contributed by atoms with Gasteiger partial charge in [-0.15, -0.1) is 0 Å². The Labute approximate surface area is 178 Å². The number of amides is 1. The van der Waals surface area contributed by atoms with Gasteiger partial charge in [-0.3, -0.25) is 4.79 Å². The fraction of sp³-hybridized carbons (Fsp3) is 0.708. The van der Waals surface area contributed by atoms with Crippen molar-refractivity contribution in [1.82, 2.24) is 4.90 Å². The monoisotopic (exact) mass is 422 g/mol. The van der Waals surface area contributed by atoms with Gasteiger partial charge >= 0.3 is 0 Å². The number of rotatable bonds is 14. The summed E-state index contributed by atoms with van der Waals surface area (Å²) < 4.78 is 14.0. The minimum atomic E-state index is -3.36. The lowest BCUT2D eigenvalue weighted by Crippen LogP contribution is -2.49. The van der Waals surface area contributed by atoms with Crippen LogP contribution in [0.15, 0.2) is 30.3 Å². The molecule has 0 aliphatic carbocycles. The normalized spacial score (nSPS) is 14.8. The summed E-state index contributed by atoms with van der Waals surface area (Å²) >= 11 is 0. The number of carbonyl (C=O) groups is 1. The fourth-order valence-electron chi connectivity index (χ4n) is 3.66. The average Bonchev–Trinajstić information content (AvgIpc) is 2.68. The molecule has 0 bridgehead atoms. The Kier molecular flexibility index (Phi) is 11.8. The molecular weight excluding hydrogens is 381 g/mol. The number of carbonyl (C=O) groups excluding carboxylic acids is 1. The Balaban J connectivity index is 3.01. The lowest BCUT2D eigenvalue weighted by Gasteiger charge is -2.37. The maximum absolute atomic E-state index is 14.0. The first kappa shape index (κ1) is 25.9. The average molecular weight is 423 g/mol. The van der Waals surface area contributed by atoms with Gasteiger partial charge in [-0.2, -0.15) is 0 Å². The molecule has 0 fully saturated rings. The molecule has 0 aliphatic heterocycles. The van der Waals surface area contributed by atoms with Gasteiger partial charge in [0.1, 0.15) is 7.14 Å². The highest BCUT2D eigenvalue weighted by molar-refractivity contribution is 7.72. The van der Waals surface area contributed by atoms with E-state index >= 15 is 0 Å². The van der Waals surface area contributed by atoms with Crippen LogP contribution >= 0.6 is 7.14 Å². The molecule has 5 heteroatoms. The summed E-state index contributed by atoms with van der Waals surface area (Å²) in [6.45, 7) is 11.4. The maximum Gasteiger partial charge on any atom is 0.216 e. The molecule has 1 amide bonds. The second kappa shape index (κ2) is 13.2. The van der Waals surface area contributed by atoms with Crippen molar-refractivity contribution in [1.29, 1.82) is 0 Å². The summed E-state index contributed by atoms with van der Waals surface area (Å²) in [6.07, 6.45) is 6.66. The molecule has 0 saturated heterocycles. The largest absolute Gasteiger partial charge is 0.839 e. The van der Waals surface area contributed by atoms with Crippen LogP contribution in [0.2, 0.25) is 0 Å². The summed E-state index contributed by atoms with van der Waals surface area (Å²) in [5.74, 6) is -1.68. The molecule has 2 atom stereocenters. The Hall–Kier alpha value is -1.12. The summed E-state index contributed by atoms with van der Waals surface area (Å²) in [5, 5.41) is 13.9. The molecule has 166 valence electrons. The Morgan fingerprint density at radius 1 is 0.931 bits per heavy atom. The highest BCUT2D eigenvalue weighted by atomic mass is 31.2. The van der Waals surface area contributed by atoms with E-state index in [1.54, 1.807) is 29.2 Å².